The largest absolute Gasteiger partial charge is 4.00 e. The van der Waals surface area contributed by atoms with Gasteiger partial charge >= 0.3 is 38.2 Å². The molecule has 12 nitrogen and oxygen atoms in total. The fourth-order valence-corrected chi connectivity index (χ4v) is 0. The minimum Gasteiger partial charge on any atom is -0.543 e. The Morgan fingerprint density at radius 2 is 0.450 bits per heavy atom. The molecule has 0 N–H and O–H groups in total. The molecule has 20 heavy (non-hydrogen) atoms. The number of aliphatic carboxylic acids is 6. The predicted molar refractivity (Wildman–Crippen MR) is 30.0 cm³/mol. The Morgan fingerprint density at radius 1 is 0.400 bits per heavy atom. The number of hydrogen-bond donors (Lipinski definition) is 0. The first-order chi connectivity index (χ1) is 7.93. The summed E-state index contributed by atoms with van der Waals surface area (Å²) in [6.07, 6.45) is 0. The topological polar surface area (TPSA) is 241 Å². The summed E-state index contributed by atoms with van der Waals surface area (Å²) >= 11 is 0. The van der Waals surface area contributed by atoms with Crippen LogP contribution < -0.4 is 30.6 Å². The minimum absolute atomic E-state index is 0. The summed E-state index contributed by atoms with van der Waals surface area (Å²) in [6, 6.07) is 0. The monoisotopic (exact) mass is 370 g/mol. The molecule has 0 aromatic heterocycles. The van der Waals surface area contributed by atoms with Crippen molar-refractivity contribution in [2.24, 2.45) is 0 Å². The summed E-state index contributed by atoms with van der Waals surface area (Å²) < 4.78 is 0. The van der Waals surface area contributed by atoms with Crippen LogP contribution in [0.1, 0.15) is 0 Å². The second-order valence-electron chi connectivity index (χ2n) is 1.72. The van der Waals surface area contributed by atoms with Crippen LogP contribution in [0.4, 0.5) is 0 Å². The molecule has 110 valence electrons. The molecule has 0 saturated carbocycles. The number of carboxylic acid groups (broad SMARTS) is 6. The predicted octanol–water partition coefficient (Wildman–Crippen LogP) is -10.5. The van der Waals surface area contributed by atoms with E-state index in [1.165, 1.54) is 0 Å². The van der Waals surface area contributed by atoms with Gasteiger partial charge in [-0.05, 0) is 0 Å². The van der Waals surface area contributed by atoms with Gasteiger partial charge in [-0.1, -0.05) is 0 Å². The molecular weight excluding hydrogens is 371 g/mol. The summed E-state index contributed by atoms with van der Waals surface area (Å²) in [5.74, 6) is -13.1. The number of carbonyl (C=O) groups excluding carboxylic acids is 6. The van der Waals surface area contributed by atoms with Gasteiger partial charge in [-0.25, -0.2) is 0 Å². The van der Waals surface area contributed by atoms with Crippen molar-refractivity contribution >= 4 is 35.8 Å². The Kier molecular flexibility index (Phi) is 26.2. The van der Waals surface area contributed by atoms with E-state index in [1.54, 1.807) is 0 Å². The van der Waals surface area contributed by atoms with Crippen molar-refractivity contribution in [3.05, 3.63) is 0 Å². The van der Waals surface area contributed by atoms with Gasteiger partial charge in [-0.2, -0.15) is 0 Å². The Morgan fingerprint density at radius 3 is 0.450 bits per heavy atom. The van der Waals surface area contributed by atoms with Crippen molar-refractivity contribution < 1.29 is 97.6 Å². The third-order valence-electron chi connectivity index (χ3n) is 0.500. The van der Waals surface area contributed by atoms with Gasteiger partial charge in [0.25, 0.3) is 0 Å². The average Bonchev–Trinajstić information content (AvgIpc) is 2.18. The Labute approximate surface area is 133 Å². The van der Waals surface area contributed by atoms with Crippen LogP contribution in [0.2, 0.25) is 0 Å². The number of rotatable bonds is 0. The van der Waals surface area contributed by atoms with Crippen LogP contribution in [0.3, 0.4) is 0 Å². The SMILES string of the molecule is O=C([O-])C(=O)[O-].O=C([O-])C(=O)[O-].O=C([O-])C(=O)[O-].[Ni+2].[Ti+4]. The molecule has 0 aliphatic heterocycles. The van der Waals surface area contributed by atoms with Crippen LogP contribution >= 0.6 is 0 Å². The van der Waals surface area contributed by atoms with Gasteiger partial charge in [0.15, 0.2) is 0 Å². The van der Waals surface area contributed by atoms with Crippen molar-refractivity contribution in [2.75, 3.05) is 0 Å². The van der Waals surface area contributed by atoms with E-state index in [0.29, 0.717) is 0 Å². The van der Waals surface area contributed by atoms with E-state index in [0.717, 1.165) is 0 Å². The first-order valence-electron chi connectivity index (χ1n) is 3.20. The summed E-state index contributed by atoms with van der Waals surface area (Å²) in [5.41, 5.74) is 0. The van der Waals surface area contributed by atoms with Gasteiger partial charge in [0.05, 0.1) is 35.8 Å². The maximum absolute atomic E-state index is 8.93. The molecule has 0 aliphatic carbocycles. The van der Waals surface area contributed by atoms with E-state index < -0.39 is 35.8 Å². The van der Waals surface area contributed by atoms with Gasteiger partial charge in [-0.15, -0.1) is 0 Å². The Balaban J connectivity index is -0.0000000536. The normalized spacial score (nSPS) is 6.60. The maximum Gasteiger partial charge on any atom is 4.00 e. The molecule has 0 unspecified atom stereocenters. The van der Waals surface area contributed by atoms with E-state index >= 15 is 0 Å². The van der Waals surface area contributed by atoms with Crippen LogP contribution in [0.25, 0.3) is 0 Å². The molecule has 0 amide bonds. The second-order valence-corrected chi connectivity index (χ2v) is 1.72. The third-order valence-corrected chi connectivity index (χ3v) is 0.500. The first kappa shape index (κ1) is 30.8. The molecule has 0 heterocycles. The molecule has 0 aromatic rings. The van der Waals surface area contributed by atoms with Crippen molar-refractivity contribution in [3.8, 4) is 0 Å². The zero-order chi connectivity index (χ0) is 15.5. The van der Waals surface area contributed by atoms with Gasteiger partial charge in [0.2, 0.25) is 0 Å². The van der Waals surface area contributed by atoms with E-state index in [4.69, 9.17) is 59.4 Å². The van der Waals surface area contributed by atoms with Gasteiger partial charge in [0.1, 0.15) is 0 Å². The standard InChI is InChI=1S/3C2H2O4.Ni.Ti/c3*3-1(4)2(5)6;;/h3*(H,3,4)(H,5,6);;/q;;;+2;+4/p-6. The zero-order valence-electron chi connectivity index (χ0n) is 8.72. The van der Waals surface area contributed by atoms with Crippen molar-refractivity contribution in [2.45, 2.75) is 0 Å². The Bertz CT molecular complexity index is 283. The maximum atomic E-state index is 8.93. The molecule has 0 radical (unpaired) electrons. The number of carboxylic acids is 6. The second kappa shape index (κ2) is 17.0. The van der Waals surface area contributed by atoms with Crippen LogP contribution in [0.5, 0.6) is 0 Å². The van der Waals surface area contributed by atoms with Crippen LogP contribution in [0.15, 0.2) is 0 Å². The van der Waals surface area contributed by atoms with Crippen LogP contribution in [0, 0.1) is 0 Å². The molecule has 0 atom stereocenters. The van der Waals surface area contributed by atoms with E-state index in [2.05, 4.69) is 0 Å². The fraction of sp³-hybridized carbons (Fsp3) is 0. The summed E-state index contributed by atoms with van der Waals surface area (Å²) in [6.45, 7) is 0. The molecule has 0 spiro atoms. The molecule has 0 bridgehead atoms. The molecule has 0 fully saturated rings. The van der Waals surface area contributed by atoms with Crippen molar-refractivity contribution in [3.63, 3.8) is 0 Å². The average molecular weight is 371 g/mol. The third kappa shape index (κ3) is 36.0. The van der Waals surface area contributed by atoms with E-state index in [1.807, 2.05) is 0 Å². The van der Waals surface area contributed by atoms with Crippen LogP contribution in [-0.4, -0.2) is 35.8 Å². The number of hydrogen-bond acceptors (Lipinski definition) is 12. The van der Waals surface area contributed by atoms with Gasteiger partial charge < -0.3 is 59.4 Å². The van der Waals surface area contributed by atoms with Gasteiger partial charge in [0, 0.05) is 0 Å². The van der Waals surface area contributed by atoms with Crippen molar-refractivity contribution in [1.29, 1.82) is 0 Å². The molecule has 0 aliphatic rings. The quantitative estimate of drug-likeness (QED) is 0.285. The zero-order valence-corrected chi connectivity index (χ0v) is 11.3. The number of carbonyl (C=O) groups is 6. The molecule has 0 rings (SSSR count). The van der Waals surface area contributed by atoms with E-state index in [-0.39, 0.29) is 38.2 Å². The smallest absolute Gasteiger partial charge is 0.543 e. The molecule has 0 aromatic carbocycles. The molecular formula is C6NiO12Ti. The Hall–Kier alpha value is -1.97. The minimum atomic E-state index is -2.19. The first-order valence-corrected chi connectivity index (χ1v) is 3.20. The molecule has 0 saturated heterocycles. The molecule has 14 heteroatoms. The van der Waals surface area contributed by atoms with Crippen LogP contribution in [-0.2, 0) is 67.0 Å². The summed E-state index contributed by atoms with van der Waals surface area (Å²) in [5, 5.41) is 53.6. The summed E-state index contributed by atoms with van der Waals surface area (Å²) in [4.78, 5) is 53.6. The fourth-order valence-electron chi connectivity index (χ4n) is 0. The van der Waals surface area contributed by atoms with Gasteiger partial charge in [-0.3, -0.25) is 0 Å². The summed E-state index contributed by atoms with van der Waals surface area (Å²) in [7, 11) is 0. The van der Waals surface area contributed by atoms with E-state index in [9.17, 15) is 0 Å². The van der Waals surface area contributed by atoms with Crippen molar-refractivity contribution in [1.82, 2.24) is 0 Å².